The van der Waals surface area contributed by atoms with Crippen LogP contribution >= 0.6 is 0 Å². The number of carbonyl (C=O) groups is 1. The van der Waals surface area contributed by atoms with Crippen LogP contribution in [0, 0.1) is 0 Å². The molecule has 0 radical (unpaired) electrons. The lowest BCUT2D eigenvalue weighted by molar-refractivity contribution is 0.0786. The molecule has 0 unspecified atom stereocenters. The van der Waals surface area contributed by atoms with Gasteiger partial charge in [-0.05, 0) is 24.5 Å². The van der Waals surface area contributed by atoms with Gasteiger partial charge in [0.25, 0.3) is 5.91 Å². The maximum absolute atomic E-state index is 12.5. The van der Waals surface area contributed by atoms with Crippen LogP contribution in [-0.2, 0) is 6.54 Å². The number of amides is 1. The minimum Gasteiger partial charge on any atom is -0.365 e. The summed E-state index contributed by atoms with van der Waals surface area (Å²) in [7, 11) is 0. The van der Waals surface area contributed by atoms with E-state index in [4.69, 9.17) is 0 Å². The summed E-state index contributed by atoms with van der Waals surface area (Å²) >= 11 is 0. The Balaban J connectivity index is 1.49. The molecule has 1 aliphatic rings. The average molecular weight is 348 g/mol. The summed E-state index contributed by atoms with van der Waals surface area (Å²) in [5.74, 6) is 0.549. The number of nitrogens with one attached hydrogen (secondary N) is 1. The summed E-state index contributed by atoms with van der Waals surface area (Å²) in [6.07, 6.45) is 10.7. The number of imidazole rings is 1. The average Bonchev–Trinajstić information content (AvgIpc) is 3.40. The number of hydrogen-bond acceptors (Lipinski definition) is 5. The van der Waals surface area contributed by atoms with E-state index < -0.39 is 0 Å². The summed E-state index contributed by atoms with van der Waals surface area (Å²) in [4.78, 5) is 27.0. The van der Waals surface area contributed by atoms with E-state index in [0.29, 0.717) is 18.1 Å². The van der Waals surface area contributed by atoms with Gasteiger partial charge in [0.2, 0.25) is 0 Å². The van der Waals surface area contributed by atoms with Crippen molar-refractivity contribution in [1.29, 1.82) is 0 Å². The number of rotatable bonds is 5. The van der Waals surface area contributed by atoms with Crippen molar-refractivity contribution in [2.75, 3.05) is 18.4 Å². The molecule has 1 N–H and O–H groups in total. The van der Waals surface area contributed by atoms with Gasteiger partial charge < -0.3 is 14.8 Å². The lowest BCUT2D eigenvalue weighted by Gasteiger charge is -2.15. The minimum absolute atomic E-state index is 0.0440. The predicted octanol–water partition coefficient (Wildman–Crippen LogP) is 2.51. The van der Waals surface area contributed by atoms with E-state index in [1.165, 1.54) is 6.20 Å². The highest BCUT2D eigenvalue weighted by Crippen LogP contribution is 2.16. The van der Waals surface area contributed by atoms with Gasteiger partial charge in [0.1, 0.15) is 11.5 Å². The highest BCUT2D eigenvalue weighted by Gasteiger charge is 2.21. The Kier molecular flexibility index (Phi) is 4.59. The standard InChI is InChI=1S/C19H20N6O/c26-19(24-8-3-4-9-24)16-12-21-13-18(23-16)22-11-15-5-1-2-6-17(15)25-10-7-20-14-25/h1-2,5-7,10,12-14H,3-4,8-9,11H2,(H,22,23). The molecule has 1 aromatic carbocycles. The third-order valence-corrected chi connectivity index (χ3v) is 4.48. The molecule has 0 bridgehead atoms. The van der Waals surface area contributed by atoms with Crippen molar-refractivity contribution in [3.05, 3.63) is 66.6 Å². The van der Waals surface area contributed by atoms with Gasteiger partial charge in [-0.2, -0.15) is 0 Å². The number of benzene rings is 1. The van der Waals surface area contributed by atoms with Crippen LogP contribution < -0.4 is 5.32 Å². The van der Waals surface area contributed by atoms with Crippen LogP contribution in [0.2, 0.25) is 0 Å². The third kappa shape index (κ3) is 3.42. The lowest BCUT2D eigenvalue weighted by Crippen LogP contribution is -2.28. The quantitative estimate of drug-likeness (QED) is 0.767. The van der Waals surface area contributed by atoms with E-state index in [9.17, 15) is 4.79 Å². The molecule has 0 spiro atoms. The molecule has 7 heteroatoms. The summed E-state index contributed by atoms with van der Waals surface area (Å²) in [5.41, 5.74) is 2.54. The number of likely N-dealkylation sites (tertiary alicyclic amines) is 1. The van der Waals surface area contributed by atoms with Gasteiger partial charge in [-0.15, -0.1) is 0 Å². The van der Waals surface area contributed by atoms with Crippen molar-refractivity contribution in [2.24, 2.45) is 0 Å². The summed E-state index contributed by atoms with van der Waals surface area (Å²) in [6.45, 7) is 2.18. The zero-order valence-electron chi connectivity index (χ0n) is 14.4. The van der Waals surface area contributed by atoms with Gasteiger partial charge >= 0.3 is 0 Å². The summed E-state index contributed by atoms with van der Waals surface area (Å²) in [5, 5.41) is 3.27. The van der Waals surface area contributed by atoms with Crippen molar-refractivity contribution < 1.29 is 4.79 Å². The van der Waals surface area contributed by atoms with Gasteiger partial charge in [0.05, 0.1) is 24.4 Å². The second-order valence-electron chi connectivity index (χ2n) is 6.24. The molecule has 1 saturated heterocycles. The largest absolute Gasteiger partial charge is 0.365 e. The van der Waals surface area contributed by atoms with Crippen LogP contribution in [-0.4, -0.2) is 43.4 Å². The Hall–Kier alpha value is -3.22. The van der Waals surface area contributed by atoms with E-state index in [0.717, 1.165) is 37.2 Å². The highest BCUT2D eigenvalue weighted by atomic mass is 16.2. The minimum atomic E-state index is -0.0440. The maximum atomic E-state index is 12.5. The zero-order valence-corrected chi connectivity index (χ0v) is 14.4. The fraction of sp³-hybridized carbons (Fsp3) is 0.263. The van der Waals surface area contributed by atoms with E-state index in [1.807, 2.05) is 33.9 Å². The topological polar surface area (TPSA) is 75.9 Å². The molecule has 1 aliphatic heterocycles. The van der Waals surface area contributed by atoms with Gasteiger partial charge in [-0.1, -0.05) is 18.2 Å². The van der Waals surface area contributed by atoms with Gasteiger partial charge in [-0.3, -0.25) is 9.78 Å². The first kappa shape index (κ1) is 16.3. The first-order chi connectivity index (χ1) is 12.8. The van der Waals surface area contributed by atoms with Crippen LogP contribution in [0.4, 0.5) is 5.82 Å². The number of anilines is 1. The molecular formula is C19H20N6O. The first-order valence-electron chi connectivity index (χ1n) is 8.73. The molecule has 2 aromatic heterocycles. The molecule has 0 atom stereocenters. The fourth-order valence-electron chi connectivity index (χ4n) is 3.14. The molecule has 0 saturated carbocycles. The van der Waals surface area contributed by atoms with Crippen LogP contribution in [0.25, 0.3) is 5.69 Å². The zero-order chi connectivity index (χ0) is 17.8. The van der Waals surface area contributed by atoms with Crippen molar-refractivity contribution in [3.63, 3.8) is 0 Å². The van der Waals surface area contributed by atoms with Crippen molar-refractivity contribution in [3.8, 4) is 5.69 Å². The maximum Gasteiger partial charge on any atom is 0.274 e. The molecular weight excluding hydrogens is 328 g/mol. The predicted molar refractivity (Wildman–Crippen MR) is 98.1 cm³/mol. The lowest BCUT2D eigenvalue weighted by atomic mass is 10.1. The monoisotopic (exact) mass is 348 g/mol. The van der Waals surface area contributed by atoms with Gasteiger partial charge in [-0.25, -0.2) is 9.97 Å². The van der Waals surface area contributed by atoms with Crippen LogP contribution in [0.5, 0.6) is 0 Å². The SMILES string of the molecule is O=C(c1cncc(NCc2ccccc2-n2ccnc2)n1)N1CCCC1. The van der Waals surface area contributed by atoms with Gasteiger partial charge in [0.15, 0.2) is 0 Å². The normalized spacial score (nSPS) is 13.8. The van der Waals surface area contributed by atoms with Crippen molar-refractivity contribution >= 4 is 11.7 Å². The Labute approximate surface area is 151 Å². The number of hydrogen-bond donors (Lipinski definition) is 1. The smallest absolute Gasteiger partial charge is 0.274 e. The van der Waals surface area contributed by atoms with Crippen LogP contribution in [0.1, 0.15) is 28.9 Å². The highest BCUT2D eigenvalue weighted by molar-refractivity contribution is 5.92. The summed E-state index contributed by atoms with van der Waals surface area (Å²) in [6, 6.07) is 8.08. The van der Waals surface area contributed by atoms with Crippen molar-refractivity contribution in [2.45, 2.75) is 19.4 Å². The molecule has 26 heavy (non-hydrogen) atoms. The van der Waals surface area contributed by atoms with E-state index >= 15 is 0 Å². The number of nitrogens with zero attached hydrogens (tertiary/aromatic N) is 5. The number of aromatic nitrogens is 4. The summed E-state index contributed by atoms with van der Waals surface area (Å²) < 4.78 is 1.97. The molecule has 3 aromatic rings. The Morgan fingerprint density at radius 3 is 2.77 bits per heavy atom. The Bertz CT molecular complexity index is 887. The first-order valence-corrected chi connectivity index (χ1v) is 8.73. The van der Waals surface area contributed by atoms with Crippen molar-refractivity contribution in [1.82, 2.24) is 24.4 Å². The van der Waals surface area contributed by atoms with E-state index in [-0.39, 0.29) is 5.91 Å². The fourth-order valence-corrected chi connectivity index (χ4v) is 3.14. The molecule has 1 fully saturated rings. The van der Waals surface area contributed by atoms with E-state index in [2.05, 4.69) is 26.3 Å². The van der Waals surface area contributed by atoms with Gasteiger partial charge in [0, 0.05) is 32.0 Å². The Morgan fingerprint density at radius 1 is 1.12 bits per heavy atom. The van der Waals surface area contributed by atoms with Crippen LogP contribution in [0.3, 0.4) is 0 Å². The van der Waals surface area contributed by atoms with Crippen LogP contribution in [0.15, 0.2) is 55.4 Å². The molecule has 132 valence electrons. The number of para-hydroxylation sites is 1. The molecule has 3 heterocycles. The Morgan fingerprint density at radius 2 is 1.96 bits per heavy atom. The second-order valence-corrected chi connectivity index (χ2v) is 6.24. The number of carbonyl (C=O) groups excluding carboxylic acids is 1. The molecule has 1 amide bonds. The van der Waals surface area contributed by atoms with E-state index in [1.54, 1.807) is 18.7 Å². The molecule has 0 aliphatic carbocycles. The molecule has 7 nitrogen and oxygen atoms in total. The second kappa shape index (κ2) is 7.35. The molecule has 4 rings (SSSR count). The third-order valence-electron chi connectivity index (χ3n) is 4.48.